The minimum atomic E-state index is -4.54. The number of benzene rings is 2. The molecule has 0 atom stereocenters. The molecule has 0 aliphatic rings. The van der Waals surface area contributed by atoms with Gasteiger partial charge in [0.15, 0.2) is 0 Å². The third-order valence-corrected chi connectivity index (χ3v) is 4.93. The number of hydrogen-bond donors (Lipinski definition) is 2. The molecule has 2 heterocycles. The zero-order valence-electron chi connectivity index (χ0n) is 18.0. The van der Waals surface area contributed by atoms with Gasteiger partial charge in [-0.3, -0.25) is 4.98 Å². The highest BCUT2D eigenvalue weighted by Crippen LogP contribution is 2.35. The Bertz CT molecular complexity index is 1290. The maximum atomic E-state index is 13.0. The molecule has 2 aromatic heterocycles. The molecule has 0 unspecified atom stereocenters. The van der Waals surface area contributed by atoms with E-state index in [-0.39, 0.29) is 11.4 Å². The van der Waals surface area contributed by atoms with Gasteiger partial charge in [0.1, 0.15) is 5.75 Å². The number of alkyl halides is 3. The molecule has 10 heteroatoms. The van der Waals surface area contributed by atoms with Gasteiger partial charge in [0.2, 0.25) is 0 Å². The van der Waals surface area contributed by atoms with Crippen LogP contribution < -0.4 is 15.4 Å². The van der Waals surface area contributed by atoms with Gasteiger partial charge in [0, 0.05) is 36.4 Å². The number of rotatable bonds is 6. The third-order valence-electron chi connectivity index (χ3n) is 4.93. The summed E-state index contributed by atoms with van der Waals surface area (Å²) in [6, 6.07) is 13.0. The number of imidazole rings is 1. The lowest BCUT2D eigenvalue weighted by Gasteiger charge is -2.14. The quantitative estimate of drug-likeness (QED) is 0.383. The number of nitrogens with one attached hydrogen (secondary N) is 2. The highest BCUT2D eigenvalue weighted by atomic mass is 19.4. The third kappa shape index (κ3) is 5.52. The first-order chi connectivity index (χ1) is 16.3. The van der Waals surface area contributed by atoms with Gasteiger partial charge in [-0.2, -0.15) is 13.2 Å². The lowest BCUT2D eigenvalue weighted by molar-refractivity contribution is -0.137. The average Bonchev–Trinajstić information content (AvgIpc) is 3.27. The maximum Gasteiger partial charge on any atom is 0.416 e. The normalized spacial score (nSPS) is 11.2. The summed E-state index contributed by atoms with van der Waals surface area (Å²) in [5.41, 5.74) is 2.16. The summed E-state index contributed by atoms with van der Waals surface area (Å²) in [6.45, 7) is 0.511. The summed E-state index contributed by atoms with van der Waals surface area (Å²) >= 11 is 0. The van der Waals surface area contributed by atoms with E-state index in [4.69, 9.17) is 4.74 Å². The van der Waals surface area contributed by atoms with E-state index in [0.717, 1.165) is 35.0 Å². The Morgan fingerprint density at radius 2 is 1.85 bits per heavy atom. The van der Waals surface area contributed by atoms with Gasteiger partial charge in [0.05, 0.1) is 30.4 Å². The maximum absolute atomic E-state index is 13.0. The van der Waals surface area contributed by atoms with Crippen LogP contribution in [0.1, 0.15) is 11.1 Å². The Hall–Kier alpha value is -4.34. The first kappa shape index (κ1) is 22.8. The number of pyridine rings is 1. The fourth-order valence-corrected chi connectivity index (χ4v) is 3.34. The molecule has 2 amide bonds. The van der Waals surface area contributed by atoms with Crippen molar-refractivity contribution in [3.8, 4) is 17.0 Å². The molecule has 0 radical (unpaired) electrons. The summed E-state index contributed by atoms with van der Waals surface area (Å²) in [7, 11) is 1.31. The molecule has 2 aromatic carbocycles. The largest absolute Gasteiger partial charge is 0.495 e. The first-order valence-electron chi connectivity index (χ1n) is 10.2. The Balaban J connectivity index is 1.44. The summed E-state index contributed by atoms with van der Waals surface area (Å²) < 4.78 is 46.1. The molecule has 7 nitrogen and oxygen atoms in total. The van der Waals surface area contributed by atoms with Gasteiger partial charge in [-0.25, -0.2) is 9.78 Å². The predicted octanol–water partition coefficient (Wildman–Crippen LogP) is 5.66. The lowest BCUT2D eigenvalue weighted by Crippen LogP contribution is -2.20. The zero-order valence-corrected chi connectivity index (χ0v) is 18.0. The van der Waals surface area contributed by atoms with Crippen molar-refractivity contribution in [3.05, 3.63) is 90.6 Å². The van der Waals surface area contributed by atoms with Crippen molar-refractivity contribution in [2.24, 2.45) is 0 Å². The number of ether oxygens (including phenoxy) is 1. The van der Waals surface area contributed by atoms with Crippen molar-refractivity contribution in [2.75, 3.05) is 17.7 Å². The van der Waals surface area contributed by atoms with Crippen molar-refractivity contribution in [2.45, 2.75) is 12.7 Å². The van der Waals surface area contributed by atoms with Crippen LogP contribution in [-0.2, 0) is 12.7 Å². The number of hydrogen-bond acceptors (Lipinski definition) is 4. The summed E-state index contributed by atoms with van der Waals surface area (Å²) in [4.78, 5) is 20.9. The van der Waals surface area contributed by atoms with Gasteiger partial charge in [-0.15, -0.1) is 0 Å². The van der Waals surface area contributed by atoms with Gasteiger partial charge in [-0.05, 0) is 48.0 Å². The molecule has 34 heavy (non-hydrogen) atoms. The van der Waals surface area contributed by atoms with Gasteiger partial charge in [-0.1, -0.05) is 12.1 Å². The summed E-state index contributed by atoms with van der Waals surface area (Å²) in [5, 5.41) is 5.06. The zero-order chi connectivity index (χ0) is 24.1. The van der Waals surface area contributed by atoms with Crippen molar-refractivity contribution in [1.29, 1.82) is 0 Å². The van der Waals surface area contributed by atoms with Crippen LogP contribution in [-0.4, -0.2) is 27.7 Å². The van der Waals surface area contributed by atoms with Crippen LogP contribution in [0.2, 0.25) is 0 Å². The number of carbonyl (C=O) groups is 1. The van der Waals surface area contributed by atoms with Crippen LogP contribution in [0.3, 0.4) is 0 Å². The second kappa shape index (κ2) is 9.65. The average molecular weight is 467 g/mol. The van der Waals surface area contributed by atoms with Crippen LogP contribution in [0.4, 0.5) is 29.3 Å². The second-order valence-corrected chi connectivity index (χ2v) is 7.36. The van der Waals surface area contributed by atoms with Gasteiger partial charge < -0.3 is 19.9 Å². The molecule has 0 aliphatic carbocycles. The number of aromatic nitrogens is 3. The van der Waals surface area contributed by atoms with E-state index in [1.807, 2.05) is 29.0 Å². The van der Waals surface area contributed by atoms with E-state index in [1.165, 1.54) is 7.11 Å². The Morgan fingerprint density at radius 1 is 1.06 bits per heavy atom. The van der Waals surface area contributed by atoms with Crippen LogP contribution in [0, 0.1) is 0 Å². The highest BCUT2D eigenvalue weighted by Gasteiger charge is 2.31. The van der Waals surface area contributed by atoms with Crippen molar-refractivity contribution < 1.29 is 22.7 Å². The Morgan fingerprint density at radius 3 is 2.59 bits per heavy atom. The highest BCUT2D eigenvalue weighted by molar-refractivity contribution is 6.00. The summed E-state index contributed by atoms with van der Waals surface area (Å²) in [5.74, 6) is 0.113. The minimum absolute atomic E-state index is 0.0898. The molecule has 4 rings (SSSR count). The number of amides is 2. The molecule has 0 fully saturated rings. The smallest absolute Gasteiger partial charge is 0.416 e. The molecular formula is C24H20F3N5O2. The molecule has 0 saturated carbocycles. The predicted molar refractivity (Wildman–Crippen MR) is 122 cm³/mol. The van der Waals surface area contributed by atoms with Crippen molar-refractivity contribution in [1.82, 2.24) is 14.5 Å². The SMILES string of the molecule is COc1ccc(C(F)(F)F)cc1NC(=O)Nc1cccc(Cn2cnc(-c3ccncc3)c2)c1. The van der Waals surface area contributed by atoms with Gasteiger partial charge >= 0.3 is 12.2 Å². The molecule has 0 bridgehead atoms. The fraction of sp³-hybridized carbons (Fsp3) is 0.125. The number of methoxy groups -OCH3 is 1. The Labute approximate surface area is 193 Å². The minimum Gasteiger partial charge on any atom is -0.495 e. The lowest BCUT2D eigenvalue weighted by atomic mass is 10.1. The molecule has 0 aliphatic heterocycles. The van der Waals surface area contributed by atoms with E-state index < -0.39 is 17.8 Å². The van der Waals surface area contributed by atoms with Crippen molar-refractivity contribution in [3.63, 3.8) is 0 Å². The van der Waals surface area contributed by atoms with E-state index in [1.54, 1.807) is 36.9 Å². The fourth-order valence-electron chi connectivity index (χ4n) is 3.34. The number of anilines is 2. The summed E-state index contributed by atoms with van der Waals surface area (Å²) in [6.07, 6.45) is 2.47. The molecule has 0 saturated heterocycles. The van der Waals surface area contributed by atoms with E-state index in [0.29, 0.717) is 12.2 Å². The molecule has 174 valence electrons. The molecule has 4 aromatic rings. The molecule has 2 N–H and O–H groups in total. The number of nitrogens with zero attached hydrogens (tertiary/aromatic N) is 3. The number of carbonyl (C=O) groups excluding carboxylic acids is 1. The van der Waals surface area contributed by atoms with E-state index >= 15 is 0 Å². The molecular weight excluding hydrogens is 447 g/mol. The second-order valence-electron chi connectivity index (χ2n) is 7.36. The van der Waals surface area contributed by atoms with E-state index in [9.17, 15) is 18.0 Å². The monoisotopic (exact) mass is 467 g/mol. The number of halogens is 3. The van der Waals surface area contributed by atoms with Crippen LogP contribution in [0.15, 0.2) is 79.5 Å². The van der Waals surface area contributed by atoms with Crippen LogP contribution in [0.25, 0.3) is 11.3 Å². The van der Waals surface area contributed by atoms with Crippen LogP contribution in [0.5, 0.6) is 5.75 Å². The number of urea groups is 1. The first-order valence-corrected chi connectivity index (χ1v) is 10.2. The van der Waals surface area contributed by atoms with Crippen LogP contribution >= 0.6 is 0 Å². The van der Waals surface area contributed by atoms with Crippen molar-refractivity contribution >= 4 is 17.4 Å². The topological polar surface area (TPSA) is 81.1 Å². The van der Waals surface area contributed by atoms with E-state index in [2.05, 4.69) is 20.6 Å². The van der Waals surface area contributed by atoms with Gasteiger partial charge in [0.25, 0.3) is 0 Å². The Kier molecular flexibility index (Phi) is 6.48. The standard InChI is InChI=1S/C24H20F3N5O2/c1-34-22-6-5-18(24(25,26)27)12-20(22)31-23(33)30-19-4-2-3-16(11-19)13-32-14-21(29-15-32)17-7-9-28-10-8-17/h2-12,14-15H,13H2,1H3,(H2,30,31,33). The molecule has 0 spiro atoms.